The Morgan fingerprint density at radius 1 is 0.600 bits per heavy atom. The number of nitrogens with one attached hydrogen (secondary N) is 1. The van der Waals surface area contributed by atoms with E-state index in [4.69, 9.17) is 9.05 Å². The minimum atomic E-state index is -4.33. The summed E-state index contributed by atoms with van der Waals surface area (Å²) in [7, 11) is 1.58. The van der Waals surface area contributed by atoms with Crippen molar-refractivity contribution in [2.75, 3.05) is 40.9 Å². The maximum Gasteiger partial charge on any atom is 0.472 e. The van der Waals surface area contributed by atoms with Gasteiger partial charge in [-0.3, -0.25) is 13.8 Å². The number of rotatable bonds is 43. The zero-order valence-electron chi connectivity index (χ0n) is 37.2. The third-order valence-electron chi connectivity index (χ3n) is 10.8. The molecular weight excluding hydrogens is 707 g/mol. The number of amides is 1. The lowest BCUT2D eigenvalue weighted by Crippen LogP contribution is -2.45. The number of phosphoric ester groups is 1. The van der Waals surface area contributed by atoms with Crippen LogP contribution < -0.4 is 5.32 Å². The lowest BCUT2D eigenvalue weighted by molar-refractivity contribution is -0.870. The Labute approximate surface area is 342 Å². The molecule has 55 heavy (non-hydrogen) atoms. The van der Waals surface area contributed by atoms with E-state index in [1.54, 1.807) is 6.08 Å². The van der Waals surface area contributed by atoms with Gasteiger partial charge in [-0.05, 0) is 19.3 Å². The number of allylic oxidation sites excluding steroid dienone is 1. The molecule has 0 aromatic heterocycles. The Bertz CT molecular complexity index is 911. The third-order valence-corrected chi connectivity index (χ3v) is 11.7. The van der Waals surface area contributed by atoms with Crippen LogP contribution >= 0.6 is 7.82 Å². The molecule has 0 aliphatic heterocycles. The molecule has 0 aliphatic carbocycles. The number of aliphatic hydroxyl groups is 1. The topological polar surface area (TPSA) is 105 Å². The highest BCUT2D eigenvalue weighted by molar-refractivity contribution is 7.47. The van der Waals surface area contributed by atoms with Gasteiger partial charge < -0.3 is 19.8 Å². The molecule has 0 aromatic rings. The van der Waals surface area contributed by atoms with Crippen molar-refractivity contribution in [2.45, 2.75) is 238 Å². The van der Waals surface area contributed by atoms with E-state index < -0.39 is 20.0 Å². The van der Waals surface area contributed by atoms with Gasteiger partial charge >= 0.3 is 7.82 Å². The average Bonchev–Trinajstić information content (AvgIpc) is 3.13. The Morgan fingerprint density at radius 2 is 0.964 bits per heavy atom. The van der Waals surface area contributed by atoms with Crippen molar-refractivity contribution in [1.29, 1.82) is 0 Å². The molecule has 1 amide bonds. The molecule has 3 atom stereocenters. The van der Waals surface area contributed by atoms with Crippen molar-refractivity contribution in [3.8, 4) is 0 Å². The highest BCUT2D eigenvalue weighted by Gasteiger charge is 2.27. The summed E-state index contributed by atoms with van der Waals surface area (Å²) in [4.78, 5) is 23.1. The van der Waals surface area contributed by atoms with Crippen molar-refractivity contribution in [3.63, 3.8) is 0 Å². The molecule has 3 N–H and O–H groups in total. The molecule has 0 radical (unpaired) electrons. The summed E-state index contributed by atoms with van der Waals surface area (Å²) >= 11 is 0. The zero-order valence-corrected chi connectivity index (χ0v) is 38.1. The number of nitrogens with zero attached hydrogens (tertiary/aromatic N) is 1. The van der Waals surface area contributed by atoms with Crippen LogP contribution in [-0.4, -0.2) is 73.4 Å². The lowest BCUT2D eigenvalue weighted by atomic mass is 10.0. The molecule has 0 aromatic carbocycles. The number of carbonyl (C=O) groups excluding carboxylic acids is 1. The number of hydrogen-bond donors (Lipinski definition) is 3. The smallest absolute Gasteiger partial charge is 0.387 e. The van der Waals surface area contributed by atoms with Gasteiger partial charge in [-0.2, -0.15) is 0 Å². The van der Waals surface area contributed by atoms with Crippen LogP contribution in [0.1, 0.15) is 226 Å². The molecule has 0 fully saturated rings. The average molecular weight is 802 g/mol. The fourth-order valence-corrected chi connectivity index (χ4v) is 7.72. The van der Waals surface area contributed by atoms with Gasteiger partial charge in [-0.15, -0.1) is 0 Å². The van der Waals surface area contributed by atoms with E-state index in [9.17, 15) is 19.4 Å². The molecule has 8 nitrogen and oxygen atoms in total. The number of carbonyl (C=O) groups is 1. The molecular formula is C46H94N2O6P+. The van der Waals surface area contributed by atoms with Crippen LogP contribution in [0.4, 0.5) is 0 Å². The highest BCUT2D eigenvalue weighted by atomic mass is 31.2. The van der Waals surface area contributed by atoms with Crippen molar-refractivity contribution >= 4 is 13.7 Å². The quantitative estimate of drug-likeness (QED) is 0.0245. The lowest BCUT2D eigenvalue weighted by Gasteiger charge is -2.25. The molecule has 328 valence electrons. The van der Waals surface area contributed by atoms with Gasteiger partial charge in [0.05, 0.1) is 39.9 Å². The Hall–Kier alpha value is -0.760. The first-order valence-corrected chi connectivity index (χ1v) is 25.1. The van der Waals surface area contributed by atoms with Crippen LogP contribution in [0.5, 0.6) is 0 Å². The Morgan fingerprint density at radius 3 is 1.35 bits per heavy atom. The summed E-state index contributed by atoms with van der Waals surface area (Å²) < 4.78 is 23.5. The van der Waals surface area contributed by atoms with Crippen LogP contribution in [-0.2, 0) is 18.4 Å². The minimum absolute atomic E-state index is 0.0645. The van der Waals surface area contributed by atoms with E-state index in [2.05, 4.69) is 19.2 Å². The predicted octanol–water partition coefficient (Wildman–Crippen LogP) is 13.1. The van der Waals surface area contributed by atoms with Crippen LogP contribution in [0.2, 0.25) is 0 Å². The largest absolute Gasteiger partial charge is 0.472 e. The molecule has 0 saturated carbocycles. The van der Waals surface area contributed by atoms with E-state index in [0.717, 1.165) is 38.5 Å². The van der Waals surface area contributed by atoms with Crippen LogP contribution in [0.3, 0.4) is 0 Å². The second kappa shape index (κ2) is 38.7. The molecule has 0 saturated heterocycles. The number of likely N-dealkylation sites (N-methyl/N-ethyl adjacent to an activating group) is 1. The van der Waals surface area contributed by atoms with Gasteiger partial charge in [0.1, 0.15) is 13.2 Å². The molecule has 9 heteroatoms. The fourth-order valence-electron chi connectivity index (χ4n) is 6.98. The normalized spacial score (nSPS) is 14.4. The minimum Gasteiger partial charge on any atom is -0.387 e. The number of phosphoric acid groups is 1. The van der Waals surface area contributed by atoms with Crippen molar-refractivity contribution in [1.82, 2.24) is 5.32 Å². The van der Waals surface area contributed by atoms with E-state index in [0.29, 0.717) is 17.4 Å². The summed E-state index contributed by atoms with van der Waals surface area (Å²) in [5.74, 6) is -0.174. The molecule has 1 unspecified atom stereocenters. The van der Waals surface area contributed by atoms with E-state index >= 15 is 0 Å². The maximum atomic E-state index is 12.9. The van der Waals surface area contributed by atoms with Gasteiger partial charge in [0, 0.05) is 6.42 Å². The van der Waals surface area contributed by atoms with Crippen molar-refractivity contribution in [2.24, 2.45) is 0 Å². The highest BCUT2D eigenvalue weighted by Crippen LogP contribution is 2.43. The molecule has 0 spiro atoms. The summed E-state index contributed by atoms with van der Waals surface area (Å²) in [5, 5.41) is 13.8. The number of aliphatic hydroxyl groups excluding tert-OH is 1. The number of unbranched alkanes of at least 4 members (excludes halogenated alkanes) is 30. The van der Waals surface area contributed by atoms with E-state index in [1.807, 2.05) is 27.2 Å². The van der Waals surface area contributed by atoms with Gasteiger partial charge in [-0.25, -0.2) is 4.57 Å². The van der Waals surface area contributed by atoms with Gasteiger partial charge in [-0.1, -0.05) is 212 Å². The summed E-state index contributed by atoms with van der Waals surface area (Å²) in [6.45, 7) is 4.82. The maximum absolute atomic E-state index is 12.9. The number of hydrogen-bond acceptors (Lipinski definition) is 5. The van der Waals surface area contributed by atoms with Gasteiger partial charge in [0.2, 0.25) is 5.91 Å². The first kappa shape index (κ1) is 54.2. The standard InChI is InChI=1S/C46H93N2O6P/c1-6-8-10-12-14-16-18-19-20-21-22-23-24-25-26-27-28-30-32-34-36-38-40-46(50)47-44(43-54-55(51,52)53-42-41-48(3,4)5)45(49)39-37-35-33-31-29-17-15-13-11-9-7-2/h37,39,44-45,49H,6-36,38,40-43H2,1-5H3,(H-,47,50,51,52)/p+1/b39-37+/t44-,45+/m0/s1. The van der Waals surface area contributed by atoms with Gasteiger partial charge in [0.15, 0.2) is 0 Å². The predicted molar refractivity (Wildman–Crippen MR) is 235 cm³/mol. The number of quaternary nitrogens is 1. The van der Waals surface area contributed by atoms with Crippen LogP contribution in [0.25, 0.3) is 0 Å². The molecule has 0 aliphatic rings. The molecule has 0 bridgehead atoms. The second-order valence-corrected chi connectivity index (χ2v) is 18.9. The van der Waals surface area contributed by atoms with Crippen LogP contribution in [0.15, 0.2) is 12.2 Å². The first-order chi connectivity index (χ1) is 26.5. The van der Waals surface area contributed by atoms with Gasteiger partial charge in [0.25, 0.3) is 0 Å². The van der Waals surface area contributed by atoms with Crippen molar-refractivity contribution < 1.29 is 32.9 Å². The Kier molecular flexibility index (Phi) is 38.2. The van der Waals surface area contributed by atoms with E-state index in [1.165, 1.54) is 167 Å². The first-order valence-electron chi connectivity index (χ1n) is 23.6. The summed E-state index contributed by atoms with van der Waals surface area (Å²) in [6, 6.07) is -0.839. The Balaban J connectivity index is 4.21. The van der Waals surface area contributed by atoms with Crippen molar-refractivity contribution in [3.05, 3.63) is 12.2 Å². The summed E-state index contributed by atoms with van der Waals surface area (Å²) in [6.07, 6.45) is 44.3. The van der Waals surface area contributed by atoms with Crippen LogP contribution in [0, 0.1) is 0 Å². The SMILES string of the molecule is CCCCCCCCCCC/C=C/[C@@H](O)[C@H](COP(=O)(O)OCC[N+](C)(C)C)NC(=O)CCCCCCCCCCCCCCCCCCCCCCCC. The second-order valence-electron chi connectivity index (χ2n) is 17.5. The molecule has 0 heterocycles. The molecule has 0 rings (SSSR count). The fraction of sp³-hybridized carbons (Fsp3) is 0.935. The third kappa shape index (κ3) is 41.2. The monoisotopic (exact) mass is 802 g/mol. The summed E-state index contributed by atoms with van der Waals surface area (Å²) in [5.41, 5.74) is 0. The van der Waals surface area contributed by atoms with E-state index in [-0.39, 0.29) is 19.1 Å². The zero-order chi connectivity index (χ0) is 40.7.